The van der Waals surface area contributed by atoms with Crippen LogP contribution in [0.4, 0.5) is 10.9 Å². The van der Waals surface area contributed by atoms with Crippen LogP contribution in [0.25, 0.3) is 0 Å². The van der Waals surface area contributed by atoms with Gasteiger partial charge in [0.2, 0.25) is 0 Å². The number of anilines is 2. The van der Waals surface area contributed by atoms with Gasteiger partial charge >= 0.3 is 0 Å². The van der Waals surface area contributed by atoms with Crippen LogP contribution in [0.1, 0.15) is 18.4 Å². The number of hydrogen-bond donors (Lipinski definition) is 1. The topological polar surface area (TPSA) is 44.3 Å². The monoisotopic (exact) mass is 317 g/mol. The van der Waals surface area contributed by atoms with Crippen LogP contribution in [0.15, 0.2) is 29.9 Å². The number of piperidine rings is 1. The Labute approximate surface area is 136 Å². The van der Waals surface area contributed by atoms with Crippen molar-refractivity contribution in [3.8, 4) is 0 Å². The van der Waals surface area contributed by atoms with Crippen molar-refractivity contribution in [1.29, 1.82) is 0 Å². The molecular weight excluding hydrogens is 294 g/mol. The van der Waals surface area contributed by atoms with E-state index in [9.17, 15) is 0 Å². The first kappa shape index (κ1) is 15.2. The molecular formula is C16H23N5S. The normalized spacial score (nSPS) is 16.0. The molecule has 2 aromatic rings. The van der Waals surface area contributed by atoms with Crippen molar-refractivity contribution in [2.24, 2.45) is 0 Å². The number of nitrogens with one attached hydrogen (secondary N) is 1. The predicted molar refractivity (Wildman–Crippen MR) is 92.8 cm³/mol. The molecule has 0 aromatic carbocycles. The minimum atomic E-state index is 0.575. The molecule has 0 aliphatic carbocycles. The summed E-state index contributed by atoms with van der Waals surface area (Å²) in [4.78, 5) is 13.3. The quantitative estimate of drug-likeness (QED) is 0.917. The molecule has 5 nitrogen and oxygen atoms in total. The van der Waals surface area contributed by atoms with Crippen LogP contribution in [-0.4, -0.2) is 43.2 Å². The van der Waals surface area contributed by atoms with Gasteiger partial charge in [-0.15, -0.1) is 11.3 Å². The van der Waals surface area contributed by atoms with Crippen molar-refractivity contribution < 1.29 is 0 Å². The Hall–Kier alpha value is -1.66. The van der Waals surface area contributed by atoms with Crippen molar-refractivity contribution in [2.75, 3.05) is 37.0 Å². The first-order chi connectivity index (χ1) is 10.7. The molecule has 0 radical (unpaired) electrons. The molecule has 1 fully saturated rings. The number of aromatic nitrogens is 2. The Morgan fingerprint density at radius 1 is 1.27 bits per heavy atom. The first-order valence-corrected chi connectivity index (χ1v) is 8.61. The lowest BCUT2D eigenvalue weighted by atomic mass is 10.1. The van der Waals surface area contributed by atoms with Crippen LogP contribution in [0.5, 0.6) is 0 Å². The Bertz CT molecular complexity index is 576. The fourth-order valence-electron chi connectivity index (χ4n) is 2.87. The summed E-state index contributed by atoms with van der Waals surface area (Å²) in [5.74, 6) is 1.05. The van der Waals surface area contributed by atoms with Crippen molar-refractivity contribution in [3.05, 3.63) is 35.5 Å². The minimum absolute atomic E-state index is 0.575. The zero-order valence-electron chi connectivity index (χ0n) is 13.2. The molecule has 3 rings (SSSR count). The molecule has 0 amide bonds. The third-order valence-electron chi connectivity index (χ3n) is 4.06. The van der Waals surface area contributed by atoms with Gasteiger partial charge in [-0.3, -0.25) is 0 Å². The Morgan fingerprint density at radius 2 is 2.09 bits per heavy atom. The zero-order chi connectivity index (χ0) is 15.4. The van der Waals surface area contributed by atoms with Crippen molar-refractivity contribution in [3.63, 3.8) is 0 Å². The summed E-state index contributed by atoms with van der Waals surface area (Å²) in [5.41, 5.74) is 1.26. The third kappa shape index (κ3) is 3.56. The highest BCUT2D eigenvalue weighted by atomic mass is 32.1. The molecule has 1 saturated heterocycles. The van der Waals surface area contributed by atoms with E-state index in [1.165, 1.54) is 5.56 Å². The summed E-state index contributed by atoms with van der Waals surface area (Å²) < 4.78 is 0. The Morgan fingerprint density at radius 3 is 2.77 bits per heavy atom. The molecule has 0 bridgehead atoms. The molecule has 1 N–H and O–H groups in total. The standard InChI is InChI=1S/C16H23N5S/c1-20(2)15-13(4-3-7-17-15)12-19-14-5-9-21(10-6-14)16-18-8-11-22-16/h3-4,7-8,11,14,19H,5-6,9-10,12H2,1-2H3. The summed E-state index contributed by atoms with van der Waals surface area (Å²) >= 11 is 1.73. The van der Waals surface area contributed by atoms with Crippen molar-refractivity contribution in [1.82, 2.24) is 15.3 Å². The Kier molecular flexibility index (Phi) is 4.90. The van der Waals surface area contributed by atoms with Gasteiger partial charge in [0.05, 0.1) is 0 Å². The maximum atomic E-state index is 4.46. The number of pyridine rings is 1. The number of nitrogens with zero attached hydrogens (tertiary/aromatic N) is 4. The van der Waals surface area contributed by atoms with Gasteiger partial charge in [0, 0.05) is 63.1 Å². The molecule has 3 heterocycles. The molecule has 1 aliphatic rings. The van der Waals surface area contributed by atoms with E-state index in [2.05, 4.69) is 31.2 Å². The van der Waals surface area contributed by atoms with Gasteiger partial charge in [-0.05, 0) is 18.9 Å². The second-order valence-corrected chi connectivity index (χ2v) is 6.71. The second kappa shape index (κ2) is 7.07. The van der Waals surface area contributed by atoms with Gasteiger partial charge in [-0.1, -0.05) is 6.07 Å². The molecule has 0 spiro atoms. The lowest BCUT2D eigenvalue weighted by Gasteiger charge is -2.32. The smallest absolute Gasteiger partial charge is 0.185 e. The first-order valence-electron chi connectivity index (χ1n) is 7.73. The lowest BCUT2D eigenvalue weighted by Crippen LogP contribution is -2.42. The van der Waals surface area contributed by atoms with Crippen LogP contribution in [0.2, 0.25) is 0 Å². The largest absolute Gasteiger partial charge is 0.362 e. The molecule has 0 saturated carbocycles. The summed E-state index contributed by atoms with van der Waals surface area (Å²) in [6.45, 7) is 3.04. The average molecular weight is 317 g/mol. The maximum Gasteiger partial charge on any atom is 0.185 e. The highest BCUT2D eigenvalue weighted by Crippen LogP contribution is 2.22. The molecule has 2 aromatic heterocycles. The van der Waals surface area contributed by atoms with Gasteiger partial charge in [-0.2, -0.15) is 0 Å². The van der Waals surface area contributed by atoms with Gasteiger partial charge in [-0.25, -0.2) is 9.97 Å². The fourth-order valence-corrected chi connectivity index (χ4v) is 3.57. The van der Waals surface area contributed by atoms with E-state index >= 15 is 0 Å². The molecule has 118 valence electrons. The molecule has 0 atom stereocenters. The summed E-state index contributed by atoms with van der Waals surface area (Å²) in [5, 5.41) is 6.89. The zero-order valence-corrected chi connectivity index (χ0v) is 14.0. The lowest BCUT2D eigenvalue weighted by molar-refractivity contribution is 0.413. The van der Waals surface area contributed by atoms with Gasteiger partial charge in [0.25, 0.3) is 0 Å². The van der Waals surface area contributed by atoms with Crippen LogP contribution in [-0.2, 0) is 6.54 Å². The highest BCUT2D eigenvalue weighted by Gasteiger charge is 2.20. The van der Waals surface area contributed by atoms with Gasteiger partial charge in [0.1, 0.15) is 5.82 Å². The molecule has 6 heteroatoms. The van der Waals surface area contributed by atoms with E-state index < -0.39 is 0 Å². The number of rotatable bonds is 5. The van der Waals surface area contributed by atoms with Crippen LogP contribution in [0.3, 0.4) is 0 Å². The van der Waals surface area contributed by atoms with Crippen LogP contribution < -0.4 is 15.1 Å². The van der Waals surface area contributed by atoms with Crippen LogP contribution >= 0.6 is 11.3 Å². The van der Waals surface area contributed by atoms with E-state index in [0.717, 1.165) is 43.4 Å². The average Bonchev–Trinajstić information content (AvgIpc) is 3.08. The van der Waals surface area contributed by atoms with E-state index in [1.807, 2.05) is 37.9 Å². The summed E-state index contributed by atoms with van der Waals surface area (Å²) in [6.07, 6.45) is 6.06. The SMILES string of the molecule is CN(C)c1ncccc1CNC1CCN(c2nccs2)CC1. The highest BCUT2D eigenvalue weighted by molar-refractivity contribution is 7.13. The Balaban J connectivity index is 1.51. The van der Waals surface area contributed by atoms with Gasteiger partial charge in [0.15, 0.2) is 5.13 Å². The fraction of sp³-hybridized carbons (Fsp3) is 0.500. The molecule has 1 aliphatic heterocycles. The van der Waals surface area contributed by atoms with Crippen molar-refractivity contribution >= 4 is 22.3 Å². The molecule has 22 heavy (non-hydrogen) atoms. The second-order valence-electron chi connectivity index (χ2n) is 5.84. The summed E-state index contributed by atoms with van der Waals surface area (Å²) in [6, 6.07) is 4.74. The number of hydrogen-bond acceptors (Lipinski definition) is 6. The van der Waals surface area contributed by atoms with E-state index in [4.69, 9.17) is 0 Å². The third-order valence-corrected chi connectivity index (χ3v) is 4.89. The van der Waals surface area contributed by atoms with Crippen LogP contribution in [0, 0.1) is 0 Å². The van der Waals surface area contributed by atoms with E-state index in [0.29, 0.717) is 6.04 Å². The van der Waals surface area contributed by atoms with Gasteiger partial charge < -0.3 is 15.1 Å². The summed E-state index contributed by atoms with van der Waals surface area (Å²) in [7, 11) is 4.08. The van der Waals surface area contributed by atoms with E-state index in [1.54, 1.807) is 11.3 Å². The number of thiazole rings is 1. The van der Waals surface area contributed by atoms with E-state index in [-0.39, 0.29) is 0 Å². The molecule has 0 unspecified atom stereocenters. The van der Waals surface area contributed by atoms with Crippen molar-refractivity contribution in [2.45, 2.75) is 25.4 Å². The predicted octanol–water partition coefficient (Wildman–Crippen LogP) is 2.36. The maximum absolute atomic E-state index is 4.46. The minimum Gasteiger partial charge on any atom is -0.362 e.